The normalized spacial score (nSPS) is 12.6. The lowest BCUT2D eigenvalue weighted by Crippen LogP contribution is -2.61. The Morgan fingerprint density at radius 1 is 0.217 bits per heavy atom. The fourth-order valence-electron chi connectivity index (χ4n) is 18.3. The zero-order valence-electron chi connectivity index (χ0n) is 65.2. The van der Waals surface area contributed by atoms with Crippen LogP contribution in [0.4, 0.5) is 34.1 Å². The third-order valence-corrected chi connectivity index (χ3v) is 26.2. The molecule has 2 nitrogen and oxygen atoms in total. The second kappa shape index (κ2) is 27.9. The smallest absolute Gasteiger partial charge is 0.252 e. The first-order valence-corrected chi connectivity index (χ1v) is 41.8. The minimum Gasteiger partial charge on any atom is -0.310 e. The maximum absolute atomic E-state index is 2.75. The molecule has 0 unspecified atom stereocenters. The van der Waals surface area contributed by atoms with Crippen LogP contribution < -0.4 is 26.2 Å². The molecule has 0 aliphatic carbocycles. The molecule has 19 aromatic rings. The van der Waals surface area contributed by atoms with Crippen LogP contribution in [0.3, 0.4) is 0 Å². The van der Waals surface area contributed by atoms with Gasteiger partial charge in [-0.25, -0.2) is 0 Å². The molecule has 546 valence electrons. The van der Waals surface area contributed by atoms with Crippen LogP contribution in [0.5, 0.6) is 0 Å². The third-order valence-electron chi connectivity index (χ3n) is 23.9. The second-order valence-corrected chi connectivity index (χ2v) is 35.2. The quantitative estimate of drug-likeness (QED) is 0.113. The van der Waals surface area contributed by atoms with E-state index in [1.807, 2.05) is 22.7 Å². The summed E-state index contributed by atoms with van der Waals surface area (Å²) < 4.78 is 5.08. The summed E-state index contributed by atoms with van der Waals surface area (Å²) in [4.78, 5) is 5.46. The van der Waals surface area contributed by atoms with Crippen molar-refractivity contribution in [1.82, 2.24) is 0 Å². The number of hydrogen-bond acceptors (Lipinski definition) is 4. The molecule has 2 aliphatic rings. The predicted molar refractivity (Wildman–Crippen MR) is 498 cm³/mol. The van der Waals surface area contributed by atoms with Gasteiger partial charge in [0.15, 0.2) is 0 Å². The van der Waals surface area contributed by atoms with Gasteiger partial charge in [0.2, 0.25) is 0 Å². The Hall–Kier alpha value is -13.2. The lowest BCUT2D eigenvalue weighted by molar-refractivity contribution is 0.590. The summed E-state index contributed by atoms with van der Waals surface area (Å²) in [5.41, 5.74) is 35.8. The molecule has 4 heterocycles. The molecule has 0 amide bonds. The van der Waals surface area contributed by atoms with Crippen molar-refractivity contribution in [1.29, 1.82) is 0 Å². The molecular weight excluding hydrogens is 1420 g/mol. The van der Waals surface area contributed by atoms with E-state index in [1.165, 1.54) is 135 Å². The maximum atomic E-state index is 2.75. The zero-order chi connectivity index (χ0) is 77.2. The Balaban J connectivity index is 0.927. The Morgan fingerprint density at radius 3 is 0.965 bits per heavy atom. The molecule has 5 heteroatoms. The number of benzene rings is 17. The van der Waals surface area contributed by atoms with Gasteiger partial charge in [0.25, 0.3) is 6.71 Å². The number of fused-ring (bicyclic) bond motifs is 10. The third kappa shape index (κ3) is 12.1. The first-order chi connectivity index (χ1) is 56.3. The number of hydrogen-bond donors (Lipinski definition) is 0. The van der Waals surface area contributed by atoms with Crippen LogP contribution in [-0.2, 0) is 10.8 Å². The van der Waals surface area contributed by atoms with Crippen LogP contribution in [0.2, 0.25) is 0 Å². The Bertz CT molecular complexity index is 6720. The summed E-state index contributed by atoms with van der Waals surface area (Å²) in [5.74, 6) is 0. The molecule has 2 aromatic heterocycles. The molecule has 0 N–H and O–H groups in total. The van der Waals surface area contributed by atoms with Crippen molar-refractivity contribution < 1.29 is 0 Å². The van der Waals surface area contributed by atoms with Crippen LogP contribution in [0, 0.1) is 0 Å². The topological polar surface area (TPSA) is 6.48 Å². The standard InChI is InChI=1S/C110H81BN2S2/c1-109(2,3)84-66-90(74-40-21-11-22-41-74)107(91(67-84)75-42-23-12-24-43-75)113-98-49-31-48-97-106(98)111(94-56-54-77(65-99(94)113)83-62-80(72-36-17-9-18-37-72)59-81(63-83)73-38-19-10-20-39-73)95-64-76(82-60-78(70-32-13-7-14-33-70)58-79(61-82)71-34-15-8-16-35-71)55-57-96(95)112(97)108-92(86-46-29-52-102-104(86)88-44-25-27-50-100(88)114-102)68-85(110(4,5)6)69-93(108)87-47-30-53-103-105(87)89-45-26-28-51-101(89)115-103/h7-69H,1-6H3. The van der Waals surface area contributed by atoms with Crippen LogP contribution in [0.15, 0.2) is 382 Å². The Kier molecular flexibility index (Phi) is 16.9. The highest BCUT2D eigenvalue weighted by molar-refractivity contribution is 7.26. The average molecular weight is 1510 g/mol. The number of thiophene rings is 2. The lowest BCUT2D eigenvalue weighted by atomic mass is 9.33. The molecule has 0 fully saturated rings. The van der Waals surface area contributed by atoms with Gasteiger partial charge in [-0.2, -0.15) is 0 Å². The van der Waals surface area contributed by atoms with Crippen molar-refractivity contribution in [2.24, 2.45) is 0 Å². The van der Waals surface area contributed by atoms with E-state index in [1.54, 1.807) is 0 Å². The summed E-state index contributed by atoms with van der Waals surface area (Å²) >= 11 is 3.78. The summed E-state index contributed by atoms with van der Waals surface area (Å²) in [6.07, 6.45) is 0. The van der Waals surface area contributed by atoms with E-state index in [2.05, 4.69) is 434 Å². The predicted octanol–water partition coefficient (Wildman–Crippen LogP) is 29.8. The maximum Gasteiger partial charge on any atom is 0.252 e. The molecule has 2 aliphatic heterocycles. The van der Waals surface area contributed by atoms with Gasteiger partial charge in [-0.05, 0) is 237 Å². The summed E-state index contributed by atoms with van der Waals surface area (Å²) in [6.45, 7) is 14.0. The molecule has 0 spiro atoms. The first-order valence-electron chi connectivity index (χ1n) is 40.1. The van der Waals surface area contributed by atoms with E-state index in [9.17, 15) is 0 Å². The highest BCUT2D eigenvalue weighted by Gasteiger charge is 2.46. The largest absolute Gasteiger partial charge is 0.310 e. The average Bonchev–Trinajstić information content (AvgIpc) is 0.786. The lowest BCUT2D eigenvalue weighted by Gasteiger charge is -2.46. The number of nitrogens with zero attached hydrogens (tertiary/aromatic N) is 2. The van der Waals surface area contributed by atoms with E-state index in [-0.39, 0.29) is 17.5 Å². The molecule has 17 aromatic carbocycles. The van der Waals surface area contributed by atoms with Crippen LogP contribution in [-0.4, -0.2) is 6.71 Å². The van der Waals surface area contributed by atoms with E-state index in [4.69, 9.17) is 0 Å². The second-order valence-electron chi connectivity index (χ2n) is 33.0. The van der Waals surface area contributed by atoms with Crippen LogP contribution >= 0.6 is 22.7 Å². The van der Waals surface area contributed by atoms with E-state index in [0.717, 1.165) is 78.6 Å². The molecule has 0 saturated heterocycles. The van der Waals surface area contributed by atoms with Gasteiger partial charge in [-0.3, -0.25) is 0 Å². The van der Waals surface area contributed by atoms with Crippen LogP contribution in [0.1, 0.15) is 52.7 Å². The molecule has 0 bridgehead atoms. The minimum absolute atomic E-state index is 0.211. The molecule has 115 heavy (non-hydrogen) atoms. The van der Waals surface area contributed by atoms with Crippen molar-refractivity contribution in [3.63, 3.8) is 0 Å². The monoisotopic (exact) mass is 1500 g/mol. The fourth-order valence-corrected chi connectivity index (χ4v) is 20.5. The highest BCUT2D eigenvalue weighted by Crippen LogP contribution is 2.57. The molecule has 21 rings (SSSR count). The number of rotatable bonds is 12. The highest BCUT2D eigenvalue weighted by atomic mass is 32.1. The molecule has 0 saturated carbocycles. The van der Waals surface area contributed by atoms with Gasteiger partial charge in [-0.15, -0.1) is 22.7 Å². The Labute approximate surface area is 681 Å². The summed E-state index contributed by atoms with van der Waals surface area (Å²) in [5, 5.41) is 5.08. The van der Waals surface area contributed by atoms with Gasteiger partial charge >= 0.3 is 0 Å². The zero-order valence-corrected chi connectivity index (χ0v) is 66.8. The van der Waals surface area contributed by atoms with Gasteiger partial charge < -0.3 is 9.80 Å². The Morgan fingerprint density at radius 2 is 0.548 bits per heavy atom. The SMILES string of the molecule is CC(C)(C)c1cc(-c2ccccc2)c(N2c3cc(-c4cc(-c5ccccc5)cc(-c5ccccc5)c4)ccc3B3c4cc(-c5cc(-c6ccccc6)cc(-c6ccccc6)c5)ccc4N(c4c(-c5cccc6sc7ccccc7c56)cc(C(C)(C)C)cc4-c4cccc5sc6ccccc6c45)c4cccc2c43)c(-c2ccccc2)c1. The van der Waals surface area contributed by atoms with Gasteiger partial charge in [0, 0.05) is 85.3 Å². The van der Waals surface area contributed by atoms with Crippen molar-refractivity contribution >= 4 is 120 Å². The van der Waals surface area contributed by atoms with Crippen molar-refractivity contribution in [3.8, 4) is 111 Å². The van der Waals surface area contributed by atoms with Crippen molar-refractivity contribution in [2.75, 3.05) is 9.80 Å². The van der Waals surface area contributed by atoms with Crippen molar-refractivity contribution in [2.45, 2.75) is 52.4 Å². The van der Waals surface area contributed by atoms with E-state index < -0.39 is 0 Å². The van der Waals surface area contributed by atoms with E-state index >= 15 is 0 Å². The summed E-state index contributed by atoms with van der Waals surface area (Å²) in [6, 6.07) is 145. The number of anilines is 6. The molecular formula is C110H81BN2S2. The molecule has 0 atom stereocenters. The van der Waals surface area contributed by atoms with Crippen LogP contribution in [0.25, 0.3) is 152 Å². The van der Waals surface area contributed by atoms with Crippen molar-refractivity contribution in [3.05, 3.63) is 393 Å². The van der Waals surface area contributed by atoms with Gasteiger partial charge in [-0.1, -0.05) is 315 Å². The molecule has 0 radical (unpaired) electrons. The fraction of sp³-hybridized carbons (Fsp3) is 0.0727. The van der Waals surface area contributed by atoms with Gasteiger partial charge in [0.1, 0.15) is 0 Å². The van der Waals surface area contributed by atoms with Gasteiger partial charge in [0.05, 0.1) is 11.4 Å². The first kappa shape index (κ1) is 69.8. The minimum atomic E-state index is -0.289. The van der Waals surface area contributed by atoms with E-state index in [0.29, 0.717) is 0 Å². The summed E-state index contributed by atoms with van der Waals surface area (Å²) in [7, 11) is 0.